The minimum atomic E-state index is -0.423. The highest BCUT2D eigenvalue weighted by atomic mass is 16.5. The van der Waals surface area contributed by atoms with E-state index in [0.29, 0.717) is 36.4 Å². The number of rotatable bonds is 9. The lowest BCUT2D eigenvalue weighted by atomic mass is 9.98. The van der Waals surface area contributed by atoms with Gasteiger partial charge in [-0.1, -0.05) is 48.9 Å². The number of nitrogens with zero attached hydrogens (tertiary/aromatic N) is 3. The topological polar surface area (TPSA) is 126 Å². The van der Waals surface area contributed by atoms with Gasteiger partial charge in [-0.3, -0.25) is 14.4 Å². The second-order valence-corrected chi connectivity index (χ2v) is 10.6. The molecule has 3 aromatic carbocycles. The molecule has 0 atom stereocenters. The van der Waals surface area contributed by atoms with Crippen molar-refractivity contribution in [2.24, 2.45) is 15.9 Å². The van der Waals surface area contributed by atoms with E-state index >= 15 is 0 Å². The summed E-state index contributed by atoms with van der Waals surface area (Å²) in [6.45, 7) is 0.747. The smallest absolute Gasteiger partial charge is 0.312 e. The van der Waals surface area contributed by atoms with Crippen LogP contribution < -0.4 is 11.2 Å². The molecule has 0 spiro atoms. The van der Waals surface area contributed by atoms with Gasteiger partial charge in [0.15, 0.2) is 0 Å². The minimum Gasteiger partial charge on any atom is -0.462 e. The number of benzene rings is 3. The number of amides is 2. The molecule has 1 saturated carbocycles. The fourth-order valence-corrected chi connectivity index (χ4v) is 5.31. The number of nitrogens with one attached hydrogen (secondary N) is 1. The number of ether oxygens (including phenoxy) is 1. The molecular weight excluding hydrogens is 530 g/mol. The van der Waals surface area contributed by atoms with Crippen LogP contribution in [0.4, 0.5) is 11.4 Å². The summed E-state index contributed by atoms with van der Waals surface area (Å²) in [7, 11) is 0. The molecule has 5 rings (SSSR count). The number of hydrogen-bond acceptors (Lipinski definition) is 7. The molecule has 2 amide bonds. The second kappa shape index (κ2) is 13.7. The van der Waals surface area contributed by atoms with E-state index in [2.05, 4.69) is 15.4 Å². The summed E-state index contributed by atoms with van der Waals surface area (Å²) in [5, 5.41) is 6.43. The molecule has 1 aliphatic carbocycles. The maximum Gasteiger partial charge on any atom is 0.312 e. The van der Waals surface area contributed by atoms with E-state index in [1.165, 1.54) is 6.21 Å². The molecule has 1 heterocycles. The Morgan fingerprint density at radius 1 is 1.02 bits per heavy atom. The number of hydrazone groups is 1. The number of carbonyl (C=O) groups excluding carboxylic acids is 3. The molecule has 1 aliphatic heterocycles. The summed E-state index contributed by atoms with van der Waals surface area (Å²) < 4.78 is 5.71. The molecule has 0 radical (unpaired) electrons. The number of nitrogens with two attached hydrogens (primary N) is 1. The zero-order valence-corrected chi connectivity index (χ0v) is 23.5. The summed E-state index contributed by atoms with van der Waals surface area (Å²) in [6.07, 6.45) is 6.86. The fraction of sp³-hybridized carbons (Fsp3) is 0.303. The third-order valence-electron chi connectivity index (χ3n) is 7.56. The molecule has 1 fully saturated rings. The molecule has 0 saturated heterocycles. The van der Waals surface area contributed by atoms with Crippen LogP contribution in [0, 0.1) is 0 Å². The minimum absolute atomic E-state index is 0.0923. The monoisotopic (exact) mass is 565 g/mol. The first-order valence-corrected chi connectivity index (χ1v) is 14.4. The van der Waals surface area contributed by atoms with Crippen LogP contribution in [-0.2, 0) is 27.3 Å². The van der Waals surface area contributed by atoms with Gasteiger partial charge >= 0.3 is 5.97 Å². The van der Waals surface area contributed by atoms with Gasteiger partial charge in [0.2, 0.25) is 0 Å². The van der Waals surface area contributed by atoms with E-state index in [0.717, 1.165) is 48.8 Å². The van der Waals surface area contributed by atoms with E-state index in [1.54, 1.807) is 41.3 Å². The predicted octanol–water partition coefficient (Wildman–Crippen LogP) is 5.15. The SMILES string of the molecule is NN=Cc1ccc(C(=O)Nc2ccc3c(c2)CN(CCc2ccccc2)C(=O)C(CC(=O)OC2CCCCC2)=N3)cc1. The number of anilines is 1. The predicted molar refractivity (Wildman–Crippen MR) is 163 cm³/mol. The van der Waals surface area contributed by atoms with E-state index in [4.69, 9.17) is 10.6 Å². The number of hydrogen-bond donors (Lipinski definition) is 2. The first-order valence-electron chi connectivity index (χ1n) is 14.4. The summed E-state index contributed by atoms with van der Waals surface area (Å²) in [5.41, 5.74) is 4.49. The molecular formula is C33H35N5O4. The molecule has 3 N–H and O–H groups in total. The first-order chi connectivity index (χ1) is 20.5. The average molecular weight is 566 g/mol. The van der Waals surface area contributed by atoms with Crippen LogP contribution in [0.2, 0.25) is 0 Å². The van der Waals surface area contributed by atoms with Gasteiger partial charge in [0.1, 0.15) is 11.8 Å². The summed E-state index contributed by atoms with van der Waals surface area (Å²) >= 11 is 0. The lowest BCUT2D eigenvalue weighted by Crippen LogP contribution is -2.37. The van der Waals surface area contributed by atoms with E-state index in [-0.39, 0.29) is 30.1 Å². The Morgan fingerprint density at radius 2 is 1.79 bits per heavy atom. The van der Waals surface area contributed by atoms with Crippen LogP contribution in [0.1, 0.15) is 65.6 Å². The van der Waals surface area contributed by atoms with E-state index in [9.17, 15) is 14.4 Å². The number of fused-ring (bicyclic) bond motifs is 1. The Kier molecular flexibility index (Phi) is 9.38. The van der Waals surface area contributed by atoms with Gasteiger partial charge in [-0.25, -0.2) is 4.99 Å². The quantitative estimate of drug-likeness (QED) is 0.161. The van der Waals surface area contributed by atoms with Crippen molar-refractivity contribution in [1.29, 1.82) is 0 Å². The van der Waals surface area contributed by atoms with Gasteiger partial charge in [-0.05, 0) is 79.1 Å². The summed E-state index contributed by atoms with van der Waals surface area (Å²) in [5.74, 6) is 4.22. The standard InChI is InChI=1S/C33H35N5O4/c34-35-21-24-11-13-25(14-12-24)32(40)36-27-15-16-29-26(19-27)22-38(18-17-23-7-3-1-4-8-23)33(41)30(37-29)20-31(39)42-28-9-5-2-6-10-28/h1,3-4,7-8,11-16,19,21,28H,2,5-6,9-10,17-18,20,22,34H2,(H,36,40). The Bertz CT molecular complexity index is 1480. The molecule has 42 heavy (non-hydrogen) atoms. The van der Waals surface area contributed by atoms with Crippen molar-refractivity contribution in [3.8, 4) is 0 Å². The van der Waals surface area contributed by atoms with Gasteiger partial charge in [-0.2, -0.15) is 5.10 Å². The van der Waals surface area contributed by atoms with Crippen LogP contribution in [-0.4, -0.2) is 47.3 Å². The number of esters is 1. The van der Waals surface area contributed by atoms with Crippen molar-refractivity contribution in [2.45, 2.75) is 57.6 Å². The number of aliphatic imine (C=N–C) groups is 1. The third kappa shape index (κ3) is 7.48. The molecule has 0 bridgehead atoms. The Morgan fingerprint density at radius 3 is 2.52 bits per heavy atom. The molecule has 0 aromatic heterocycles. The molecule has 9 heteroatoms. The van der Waals surface area contributed by atoms with Crippen molar-refractivity contribution in [3.63, 3.8) is 0 Å². The Balaban J connectivity index is 1.36. The maximum absolute atomic E-state index is 13.7. The van der Waals surface area contributed by atoms with Crippen LogP contribution >= 0.6 is 0 Å². The molecule has 9 nitrogen and oxygen atoms in total. The zero-order chi connectivity index (χ0) is 29.3. The largest absolute Gasteiger partial charge is 0.462 e. The highest BCUT2D eigenvalue weighted by Gasteiger charge is 2.28. The Labute approximate surface area is 245 Å². The normalized spacial score (nSPS) is 15.6. The van der Waals surface area contributed by atoms with Crippen molar-refractivity contribution in [2.75, 3.05) is 11.9 Å². The number of carbonyl (C=O) groups is 3. The van der Waals surface area contributed by atoms with Crippen LogP contribution in [0.3, 0.4) is 0 Å². The van der Waals surface area contributed by atoms with Gasteiger partial charge < -0.3 is 20.8 Å². The summed E-state index contributed by atoms with van der Waals surface area (Å²) in [6, 6.07) is 22.2. The van der Waals surface area contributed by atoms with Gasteiger partial charge in [0.25, 0.3) is 11.8 Å². The fourth-order valence-electron chi connectivity index (χ4n) is 5.31. The summed E-state index contributed by atoms with van der Waals surface area (Å²) in [4.78, 5) is 45.8. The third-order valence-corrected chi connectivity index (χ3v) is 7.56. The Hall–Kier alpha value is -4.79. The van der Waals surface area contributed by atoms with Gasteiger partial charge in [0.05, 0.1) is 18.3 Å². The van der Waals surface area contributed by atoms with Crippen molar-refractivity contribution in [3.05, 3.63) is 95.1 Å². The average Bonchev–Trinajstić information content (AvgIpc) is 3.13. The van der Waals surface area contributed by atoms with Crippen molar-refractivity contribution in [1.82, 2.24) is 4.90 Å². The molecule has 2 aliphatic rings. The molecule has 3 aromatic rings. The van der Waals surface area contributed by atoms with Crippen molar-refractivity contribution < 1.29 is 19.1 Å². The lowest BCUT2D eigenvalue weighted by molar-refractivity contribution is -0.149. The lowest BCUT2D eigenvalue weighted by Gasteiger charge is -2.23. The van der Waals surface area contributed by atoms with Gasteiger partial charge in [-0.15, -0.1) is 0 Å². The highest BCUT2D eigenvalue weighted by Crippen LogP contribution is 2.29. The molecule has 216 valence electrons. The van der Waals surface area contributed by atoms with Crippen molar-refractivity contribution >= 4 is 41.1 Å². The first kappa shape index (κ1) is 28.7. The zero-order valence-electron chi connectivity index (χ0n) is 23.5. The van der Waals surface area contributed by atoms with Crippen LogP contribution in [0.5, 0.6) is 0 Å². The van der Waals surface area contributed by atoms with Crippen LogP contribution in [0.25, 0.3) is 0 Å². The van der Waals surface area contributed by atoms with E-state index < -0.39 is 5.97 Å². The maximum atomic E-state index is 13.7. The second-order valence-electron chi connectivity index (χ2n) is 10.6. The van der Waals surface area contributed by atoms with E-state index in [1.807, 2.05) is 36.4 Å². The molecule has 0 unspecified atom stereocenters. The highest BCUT2D eigenvalue weighted by molar-refractivity contribution is 6.42. The van der Waals surface area contributed by atoms with Gasteiger partial charge in [0, 0.05) is 24.3 Å². The van der Waals surface area contributed by atoms with Crippen LogP contribution in [0.15, 0.2) is 82.9 Å².